The van der Waals surface area contributed by atoms with Gasteiger partial charge in [0.2, 0.25) is 0 Å². The van der Waals surface area contributed by atoms with Gasteiger partial charge in [-0.15, -0.1) is 0 Å². The van der Waals surface area contributed by atoms with Crippen molar-refractivity contribution in [2.24, 2.45) is 0 Å². The van der Waals surface area contributed by atoms with Crippen LogP contribution in [0.2, 0.25) is 0 Å². The van der Waals surface area contributed by atoms with Crippen LogP contribution < -0.4 is 24.4 Å². The van der Waals surface area contributed by atoms with Gasteiger partial charge in [-0.2, -0.15) is 0 Å². The number of aryl methyl sites for hydroxylation is 1. The standard InChI is InChI=1S/C34H31BrN2O6/c1-4-16-42-25-14-12-24(13-15-25)37-33(39)27(32(38)36-34(37)40)17-22-18-29(35)31(30(19-22)41-5-2)43-20-28-21(3)10-11-23-8-6-7-9-26(23)28/h6-15,17-19H,4-5,16,20H2,1-3H3,(H,36,38,40)/b27-17-. The summed E-state index contributed by atoms with van der Waals surface area (Å²) >= 11 is 3.59. The Morgan fingerprint density at radius 1 is 0.907 bits per heavy atom. The summed E-state index contributed by atoms with van der Waals surface area (Å²) in [7, 11) is 0. The van der Waals surface area contributed by atoms with E-state index in [1.54, 1.807) is 36.4 Å². The Labute approximate surface area is 258 Å². The van der Waals surface area contributed by atoms with Gasteiger partial charge in [0.15, 0.2) is 11.5 Å². The van der Waals surface area contributed by atoms with Crippen LogP contribution in [0.4, 0.5) is 10.5 Å². The van der Waals surface area contributed by atoms with Crippen molar-refractivity contribution in [1.29, 1.82) is 0 Å². The number of anilines is 1. The minimum absolute atomic E-state index is 0.194. The van der Waals surface area contributed by atoms with Gasteiger partial charge in [0, 0.05) is 5.56 Å². The lowest BCUT2D eigenvalue weighted by molar-refractivity contribution is -0.122. The van der Waals surface area contributed by atoms with Gasteiger partial charge < -0.3 is 14.2 Å². The van der Waals surface area contributed by atoms with Crippen LogP contribution in [0.1, 0.15) is 37.0 Å². The molecule has 0 saturated carbocycles. The van der Waals surface area contributed by atoms with E-state index < -0.39 is 17.8 Å². The van der Waals surface area contributed by atoms with E-state index >= 15 is 0 Å². The predicted molar refractivity (Wildman–Crippen MR) is 170 cm³/mol. The number of hydrogen-bond donors (Lipinski definition) is 1. The molecule has 0 radical (unpaired) electrons. The van der Waals surface area contributed by atoms with E-state index in [1.807, 2.05) is 32.9 Å². The minimum atomic E-state index is -0.821. The van der Waals surface area contributed by atoms with Crippen LogP contribution in [0.15, 0.2) is 82.8 Å². The quantitative estimate of drug-likeness (QED) is 0.144. The number of benzene rings is 4. The summed E-state index contributed by atoms with van der Waals surface area (Å²) in [5, 5.41) is 4.50. The highest BCUT2D eigenvalue weighted by Crippen LogP contribution is 2.39. The Morgan fingerprint density at radius 2 is 1.67 bits per heavy atom. The third kappa shape index (κ3) is 6.41. The molecule has 4 amide bonds. The van der Waals surface area contributed by atoms with Gasteiger partial charge in [-0.25, -0.2) is 9.69 Å². The number of ether oxygens (including phenoxy) is 3. The summed E-state index contributed by atoms with van der Waals surface area (Å²) in [4.78, 5) is 39.8. The number of amides is 4. The maximum absolute atomic E-state index is 13.4. The van der Waals surface area contributed by atoms with Crippen molar-refractivity contribution in [3.63, 3.8) is 0 Å². The van der Waals surface area contributed by atoms with Crippen molar-refractivity contribution in [2.45, 2.75) is 33.8 Å². The summed E-state index contributed by atoms with van der Waals surface area (Å²) in [5.74, 6) is 0.0409. The fourth-order valence-corrected chi connectivity index (χ4v) is 5.40. The Balaban J connectivity index is 1.43. The van der Waals surface area contributed by atoms with Crippen LogP contribution in [-0.2, 0) is 16.2 Å². The Kier molecular flexibility index (Phi) is 9.11. The molecule has 1 saturated heterocycles. The molecule has 43 heavy (non-hydrogen) atoms. The first-order valence-corrected chi connectivity index (χ1v) is 14.8. The normalized spacial score (nSPS) is 14.3. The SMILES string of the molecule is CCCOc1ccc(N2C(=O)NC(=O)/C(=C/c3cc(Br)c(OCc4c(C)ccc5ccccc45)c(OCC)c3)C2=O)cc1. The van der Waals surface area contributed by atoms with E-state index in [2.05, 4.69) is 45.5 Å². The summed E-state index contributed by atoms with van der Waals surface area (Å²) in [5.41, 5.74) is 2.81. The van der Waals surface area contributed by atoms with Crippen molar-refractivity contribution in [3.05, 3.63) is 99.5 Å². The van der Waals surface area contributed by atoms with Gasteiger partial charge >= 0.3 is 6.03 Å². The fourth-order valence-electron chi connectivity index (χ4n) is 4.83. The third-order valence-corrected chi connectivity index (χ3v) is 7.54. The van der Waals surface area contributed by atoms with Crippen molar-refractivity contribution in [2.75, 3.05) is 18.1 Å². The molecule has 8 nitrogen and oxygen atoms in total. The van der Waals surface area contributed by atoms with Crippen LogP contribution in [0.5, 0.6) is 17.2 Å². The number of urea groups is 1. The van der Waals surface area contributed by atoms with E-state index in [-0.39, 0.29) is 5.57 Å². The van der Waals surface area contributed by atoms with Crippen molar-refractivity contribution in [3.8, 4) is 17.2 Å². The first-order chi connectivity index (χ1) is 20.8. The summed E-state index contributed by atoms with van der Waals surface area (Å²) in [6.45, 7) is 7.14. The molecule has 0 spiro atoms. The molecule has 0 aromatic heterocycles. The Bertz CT molecular complexity index is 1730. The van der Waals surface area contributed by atoms with Gasteiger partial charge in [0.1, 0.15) is 17.9 Å². The van der Waals surface area contributed by atoms with Gasteiger partial charge in [0.05, 0.1) is 23.4 Å². The van der Waals surface area contributed by atoms with Crippen LogP contribution in [0, 0.1) is 6.92 Å². The molecule has 220 valence electrons. The van der Waals surface area contributed by atoms with Crippen LogP contribution in [0.3, 0.4) is 0 Å². The van der Waals surface area contributed by atoms with E-state index in [9.17, 15) is 14.4 Å². The largest absolute Gasteiger partial charge is 0.494 e. The number of fused-ring (bicyclic) bond motifs is 1. The maximum atomic E-state index is 13.4. The Morgan fingerprint density at radius 3 is 2.42 bits per heavy atom. The molecule has 0 unspecified atom stereocenters. The highest BCUT2D eigenvalue weighted by Gasteiger charge is 2.37. The van der Waals surface area contributed by atoms with E-state index in [4.69, 9.17) is 14.2 Å². The van der Waals surface area contributed by atoms with E-state index in [0.29, 0.717) is 52.8 Å². The fraction of sp³-hybridized carbons (Fsp3) is 0.206. The molecule has 1 N–H and O–H groups in total. The number of rotatable bonds is 10. The van der Waals surface area contributed by atoms with E-state index in [0.717, 1.165) is 33.2 Å². The third-order valence-electron chi connectivity index (χ3n) is 6.95. The smallest absolute Gasteiger partial charge is 0.335 e. The molecule has 0 atom stereocenters. The van der Waals surface area contributed by atoms with E-state index in [1.165, 1.54) is 6.08 Å². The molecular weight excluding hydrogens is 612 g/mol. The zero-order chi connectivity index (χ0) is 30.5. The number of nitrogens with zero attached hydrogens (tertiary/aromatic N) is 1. The molecule has 0 aliphatic carbocycles. The number of imide groups is 2. The molecule has 4 aromatic rings. The average molecular weight is 644 g/mol. The van der Waals surface area contributed by atoms with Crippen LogP contribution in [0.25, 0.3) is 16.8 Å². The summed E-state index contributed by atoms with van der Waals surface area (Å²) in [6.07, 6.45) is 2.28. The second-order valence-corrected chi connectivity index (χ2v) is 10.8. The number of nitrogens with one attached hydrogen (secondary N) is 1. The van der Waals surface area contributed by atoms with Gasteiger partial charge in [-0.05, 0) is 101 Å². The number of carbonyl (C=O) groups excluding carboxylic acids is 3. The second kappa shape index (κ2) is 13.1. The van der Waals surface area contributed by atoms with Gasteiger partial charge in [-0.3, -0.25) is 14.9 Å². The predicted octanol–water partition coefficient (Wildman–Crippen LogP) is 7.34. The van der Waals surface area contributed by atoms with Crippen molar-refractivity contribution >= 4 is 56.3 Å². The second-order valence-electron chi connectivity index (χ2n) is 9.93. The number of hydrogen-bond acceptors (Lipinski definition) is 6. The maximum Gasteiger partial charge on any atom is 0.335 e. The first-order valence-electron chi connectivity index (χ1n) is 14.0. The number of carbonyl (C=O) groups is 3. The molecule has 1 aliphatic rings. The molecule has 0 bridgehead atoms. The average Bonchev–Trinajstić information content (AvgIpc) is 2.99. The lowest BCUT2D eigenvalue weighted by Crippen LogP contribution is -2.54. The molecule has 9 heteroatoms. The lowest BCUT2D eigenvalue weighted by atomic mass is 10.0. The highest BCUT2D eigenvalue weighted by molar-refractivity contribution is 9.10. The number of halogens is 1. The minimum Gasteiger partial charge on any atom is -0.494 e. The highest BCUT2D eigenvalue weighted by atomic mass is 79.9. The molecular formula is C34H31BrN2O6. The topological polar surface area (TPSA) is 94.2 Å². The molecule has 1 fully saturated rings. The monoisotopic (exact) mass is 642 g/mol. The van der Waals surface area contributed by atoms with Gasteiger partial charge in [0.25, 0.3) is 11.8 Å². The van der Waals surface area contributed by atoms with Crippen molar-refractivity contribution < 1.29 is 28.6 Å². The molecule has 1 heterocycles. The van der Waals surface area contributed by atoms with Crippen molar-refractivity contribution in [1.82, 2.24) is 5.32 Å². The van der Waals surface area contributed by atoms with Crippen LogP contribution >= 0.6 is 15.9 Å². The zero-order valence-corrected chi connectivity index (χ0v) is 25.7. The lowest BCUT2D eigenvalue weighted by Gasteiger charge is -2.26. The molecule has 4 aromatic carbocycles. The summed E-state index contributed by atoms with van der Waals surface area (Å²) in [6, 6.07) is 21.5. The molecule has 5 rings (SSSR count). The number of barbiturate groups is 1. The van der Waals surface area contributed by atoms with Gasteiger partial charge in [-0.1, -0.05) is 43.3 Å². The van der Waals surface area contributed by atoms with Crippen LogP contribution in [-0.4, -0.2) is 31.1 Å². The Hall–Kier alpha value is -4.63. The first kappa shape index (κ1) is 29.8. The molecule has 1 aliphatic heterocycles. The summed E-state index contributed by atoms with van der Waals surface area (Å²) < 4.78 is 18.4. The zero-order valence-electron chi connectivity index (χ0n) is 24.1.